The number of pyridine rings is 5. The predicted molar refractivity (Wildman–Crippen MR) is 431 cm³/mol. The number of nitrogens with zero attached hydrogens (tertiary/aromatic N) is 7. The lowest BCUT2D eigenvalue weighted by Crippen LogP contribution is -2.37. The molecule has 0 aliphatic heterocycles. The maximum Gasteiger partial charge on any atom is 1.20 e. The minimum Gasteiger partial charge on any atom is -0.576 e. The quantitative estimate of drug-likeness (QED) is 0.0717. The molecule has 10 nitrogen and oxygen atoms in total. The van der Waals surface area contributed by atoms with Crippen molar-refractivity contribution in [2.75, 3.05) is 6.06 Å². The number of hydrogen-bond donors (Lipinski definition) is 0. The van der Waals surface area contributed by atoms with Crippen LogP contribution in [0.5, 0.6) is 17.2 Å². The third-order valence-corrected chi connectivity index (χ3v) is 19.7. The van der Waals surface area contributed by atoms with E-state index in [4.69, 9.17) is 29.2 Å². The molecule has 0 aliphatic rings. The lowest BCUT2D eigenvalue weighted by atomic mass is 9.95. The summed E-state index contributed by atoms with van der Waals surface area (Å²) in [6.45, 7) is 4.11. The highest BCUT2D eigenvalue weighted by Crippen LogP contribution is 2.39. The fourth-order valence-corrected chi connectivity index (χ4v) is 15.2. The van der Waals surface area contributed by atoms with Crippen LogP contribution in [0.25, 0.3) is 143 Å². The second-order valence-corrected chi connectivity index (χ2v) is 26.7. The molecule has 1 atom stereocenters. The van der Waals surface area contributed by atoms with E-state index in [1.165, 1.54) is 88.4 Å². The molecule has 490 valence electrons. The van der Waals surface area contributed by atoms with Gasteiger partial charge in [-0.05, 0) is 144 Å². The molecule has 0 saturated heterocycles. The van der Waals surface area contributed by atoms with E-state index < -0.39 is 15.1 Å². The molecule has 7 heterocycles. The van der Waals surface area contributed by atoms with E-state index in [1.807, 2.05) is 103 Å². The van der Waals surface area contributed by atoms with E-state index >= 15 is 0 Å². The molecule has 0 amide bonds. The Balaban J connectivity index is 0.000000118. The van der Waals surface area contributed by atoms with Gasteiger partial charge in [0, 0.05) is 89.8 Å². The molecule has 7 aromatic heterocycles. The minimum atomic E-state index is -2.86. The molecule has 19 aromatic rings. The summed E-state index contributed by atoms with van der Waals surface area (Å²) < 4.78 is 24.0. The highest BCUT2D eigenvalue weighted by Gasteiger charge is 2.46. The fraction of sp³-hybridized carbons (Fsp3) is 0.0333. The van der Waals surface area contributed by atoms with Gasteiger partial charge in [0.1, 0.15) is 33.8 Å². The average Bonchev–Trinajstić information content (AvgIpc) is 1.74. The molecule has 0 N–H and O–H groups in total. The second-order valence-electron chi connectivity index (χ2n) is 24.9. The van der Waals surface area contributed by atoms with Crippen LogP contribution in [0.4, 0.5) is 0 Å². The van der Waals surface area contributed by atoms with Crippen molar-refractivity contribution in [1.29, 1.82) is 0 Å². The summed E-state index contributed by atoms with van der Waals surface area (Å²) in [5.74, 6) is 1.82. The molecule has 0 fully saturated rings. The van der Waals surface area contributed by atoms with E-state index in [0.29, 0.717) is 23.3 Å². The van der Waals surface area contributed by atoms with Crippen LogP contribution >= 0.6 is 9.24 Å². The van der Waals surface area contributed by atoms with Crippen molar-refractivity contribution in [3.05, 3.63) is 351 Å². The van der Waals surface area contributed by atoms with E-state index in [1.54, 1.807) is 18.6 Å². The van der Waals surface area contributed by atoms with Crippen molar-refractivity contribution in [1.82, 2.24) is 34.1 Å². The van der Waals surface area contributed by atoms with Crippen molar-refractivity contribution in [3.63, 3.8) is 0 Å². The Labute approximate surface area is 605 Å². The molecular formula is C90H66AlBN7O3P. The van der Waals surface area contributed by atoms with Gasteiger partial charge in [-0.1, -0.05) is 231 Å². The highest BCUT2D eigenvalue weighted by atomic mass is 31.0. The first-order chi connectivity index (χ1) is 50.8. The van der Waals surface area contributed by atoms with E-state index in [0.717, 1.165) is 65.9 Å². The summed E-state index contributed by atoms with van der Waals surface area (Å²) in [5.41, 5.74) is 20.7. The predicted octanol–water partition coefficient (Wildman–Crippen LogP) is 22.1. The van der Waals surface area contributed by atoms with Crippen molar-refractivity contribution in [2.24, 2.45) is 0 Å². The van der Waals surface area contributed by atoms with Crippen LogP contribution in [0.1, 0.15) is 11.4 Å². The Morgan fingerprint density at radius 3 is 0.942 bits per heavy atom. The van der Waals surface area contributed by atoms with E-state index in [-0.39, 0.29) is 0 Å². The number of fused-ring (bicyclic) bond motifs is 12. The number of para-hydroxylation sites is 7. The average molecular weight is 1360 g/mol. The molecule has 2 radical (unpaired) electrons. The first-order valence-corrected chi connectivity index (χ1v) is 36.5. The molecule has 13 heteroatoms. The number of hydrogen-bond acceptors (Lipinski definition) is 8. The van der Waals surface area contributed by atoms with E-state index in [9.17, 15) is 0 Å². The number of rotatable bonds is 11. The largest absolute Gasteiger partial charge is 1.20 e. The van der Waals surface area contributed by atoms with Gasteiger partial charge in [0.05, 0.1) is 40.9 Å². The summed E-state index contributed by atoms with van der Waals surface area (Å²) in [6.07, 6.45) is 5.24. The van der Waals surface area contributed by atoms with Crippen LogP contribution in [0.3, 0.4) is 0 Å². The van der Waals surface area contributed by atoms with Crippen LogP contribution in [0.15, 0.2) is 340 Å². The Hall–Kier alpha value is -12.3. The summed E-state index contributed by atoms with van der Waals surface area (Å²) in [4.78, 5) is 23.3. The van der Waals surface area contributed by atoms with Gasteiger partial charge in [0.2, 0.25) is 0 Å². The van der Waals surface area contributed by atoms with Crippen LogP contribution in [0, 0.1) is 13.8 Å². The lowest BCUT2D eigenvalue weighted by Gasteiger charge is -2.18. The molecule has 19 rings (SSSR count). The number of aryl methyl sites for hydroxylation is 2. The normalized spacial score (nSPS) is 11.1. The summed E-state index contributed by atoms with van der Waals surface area (Å²) in [6, 6.07) is 112. The zero-order valence-electron chi connectivity index (χ0n) is 56.6. The Morgan fingerprint density at radius 1 is 0.311 bits per heavy atom. The van der Waals surface area contributed by atoms with Crippen LogP contribution in [-0.4, -0.2) is 63.1 Å². The highest BCUT2D eigenvalue weighted by molar-refractivity contribution is 7.19. The third-order valence-electron chi connectivity index (χ3n) is 18.4. The number of aromatic nitrogens is 7. The molecular weight excluding hydrogens is 1300 g/mol. The first kappa shape index (κ1) is 65.3. The molecule has 12 aromatic carbocycles. The fourth-order valence-electron chi connectivity index (χ4n) is 13.8. The Morgan fingerprint density at radius 2 is 0.612 bits per heavy atom. The monoisotopic (exact) mass is 1360 g/mol. The van der Waals surface area contributed by atoms with Gasteiger partial charge in [0.25, 0.3) is 0 Å². The van der Waals surface area contributed by atoms with Crippen molar-refractivity contribution in [3.8, 4) is 62.0 Å². The first-order valence-electron chi connectivity index (χ1n) is 34.3. The van der Waals surface area contributed by atoms with Crippen LogP contribution in [0.2, 0.25) is 0 Å². The van der Waals surface area contributed by atoms with Crippen molar-refractivity contribution >= 4 is 130 Å². The topological polar surface area (TPSA) is 102 Å². The summed E-state index contributed by atoms with van der Waals surface area (Å²) >= 11 is -2.86. The van der Waals surface area contributed by atoms with Gasteiger partial charge in [0.15, 0.2) is 0 Å². The maximum absolute atomic E-state index is 6.41. The molecule has 0 spiro atoms. The van der Waals surface area contributed by atoms with Crippen molar-refractivity contribution < 1.29 is 11.4 Å². The molecule has 0 aliphatic carbocycles. The van der Waals surface area contributed by atoms with E-state index in [2.05, 4.69) is 266 Å². The molecule has 103 heavy (non-hydrogen) atoms. The van der Waals surface area contributed by atoms with Crippen LogP contribution < -0.4 is 11.4 Å². The van der Waals surface area contributed by atoms with Crippen molar-refractivity contribution in [2.45, 2.75) is 13.8 Å². The van der Waals surface area contributed by atoms with Crippen LogP contribution in [-0.2, 0) is 0 Å². The minimum absolute atomic E-state index is 0.608. The molecule has 0 bridgehead atoms. The molecule has 1 unspecified atom stereocenters. The summed E-state index contributed by atoms with van der Waals surface area (Å²) in [7, 11) is 7.17. The second kappa shape index (κ2) is 29.5. The smallest absolute Gasteiger partial charge is 0.576 e. The SMILES string of the molecule is Cc1cc(-c2ccccc2)c2ccc3c(-c4ccccc4)cc(C)nc3c2n1.[B]CP.c1ccc2c(c1)c1ccccc1n2-c1ccc(-c2ccc(-n3c4ccccc4c4ccccc43)cc2)cc1.c1cnc2c([O][Al]([O]c3cccc4cccnc34)[O]c3cccc4cccnc34)cccc2c1. The van der Waals surface area contributed by atoms with Gasteiger partial charge in [-0.3, -0.25) is 24.9 Å². The Kier molecular flexibility index (Phi) is 18.7. The maximum atomic E-state index is 6.41. The Bertz CT molecular complexity index is 5700. The zero-order valence-corrected chi connectivity index (χ0v) is 58.9. The third kappa shape index (κ3) is 13.3. The van der Waals surface area contributed by atoms with Gasteiger partial charge in [-0.2, -0.15) is 0 Å². The zero-order chi connectivity index (χ0) is 69.6. The van der Waals surface area contributed by atoms with Gasteiger partial charge >= 0.3 is 15.1 Å². The standard InChI is InChI=1S/C36H24N2.C26H20N2.3C9H7NO.CH4BP.Al/c1-5-13-33-29(9-1)30-10-2-6-14-34(30)37(33)27-21-17-25(18-22-27)26-19-23-28(24-20-26)38-35-15-7-3-11-31(35)32-12-4-8-16-36(32)38;1-17-15-23(19-9-5-3-6-10-19)21-13-14-22-24(20-11-7-4-8-12-20)16-18(2)28-26(22)25(21)27-17;3*11-8-5-1-3-7-4-2-6-10-9(7)8;2-1-3;/h1-24H;3-16H,1-2H3;3*1-6,11H;1,3H2;/q;;;;;;+3/p-3. The molecule has 0 saturated carbocycles. The lowest BCUT2D eigenvalue weighted by molar-refractivity contribution is 0.311. The summed E-state index contributed by atoms with van der Waals surface area (Å²) in [5, 5.41) is 10.4. The van der Waals surface area contributed by atoms with Gasteiger partial charge in [-0.15, -0.1) is 9.24 Å². The van der Waals surface area contributed by atoms with Gasteiger partial charge < -0.3 is 20.5 Å². The van der Waals surface area contributed by atoms with Gasteiger partial charge in [-0.25, -0.2) is 0 Å². The number of benzene rings is 12.